The molecule has 19 heavy (non-hydrogen) atoms. The largest absolute Gasteiger partial charge is 0.457 e. The first-order chi connectivity index (χ1) is 8.79. The van der Waals surface area contributed by atoms with Crippen LogP contribution < -0.4 is 10.5 Å². The molecule has 100 valence electrons. The molecule has 0 fully saturated rings. The van der Waals surface area contributed by atoms with Gasteiger partial charge in [-0.2, -0.15) is 0 Å². The van der Waals surface area contributed by atoms with Crippen LogP contribution in [0.3, 0.4) is 0 Å². The van der Waals surface area contributed by atoms with Gasteiger partial charge in [0.2, 0.25) is 0 Å². The second kappa shape index (κ2) is 7.62. The molecule has 2 aromatic carbocycles. The van der Waals surface area contributed by atoms with E-state index in [1.54, 1.807) is 0 Å². The van der Waals surface area contributed by atoms with Crippen LogP contribution in [-0.4, -0.2) is 0 Å². The Morgan fingerprint density at radius 2 is 1.74 bits per heavy atom. The minimum absolute atomic E-state index is 0. The quantitative estimate of drug-likeness (QED) is 0.817. The van der Waals surface area contributed by atoms with Gasteiger partial charge in [0.1, 0.15) is 11.5 Å². The Morgan fingerprint density at radius 3 is 2.42 bits per heavy atom. The molecule has 0 heterocycles. The van der Waals surface area contributed by atoms with Crippen molar-refractivity contribution in [3.63, 3.8) is 0 Å². The Hall–Kier alpha value is -1.77. The molecule has 0 saturated carbocycles. The van der Waals surface area contributed by atoms with E-state index in [9.17, 15) is 0 Å². The fourth-order valence-corrected chi connectivity index (χ4v) is 1.75. The number of rotatable bonds is 5. The molecule has 0 bridgehead atoms. The topological polar surface area (TPSA) is 35.2 Å². The van der Waals surface area contributed by atoms with Crippen LogP contribution in [0, 0.1) is 0 Å². The molecule has 1 atom stereocenters. The van der Waals surface area contributed by atoms with E-state index in [1.807, 2.05) is 60.7 Å². The van der Waals surface area contributed by atoms with E-state index in [0.29, 0.717) is 0 Å². The Balaban J connectivity index is 0.00000180. The Kier molecular flexibility index (Phi) is 6.13. The molecule has 2 aromatic rings. The van der Waals surface area contributed by atoms with Crippen molar-refractivity contribution >= 4 is 12.4 Å². The fraction of sp³-hybridized carbons (Fsp3) is 0.125. The minimum atomic E-state index is -0.0261. The maximum Gasteiger partial charge on any atom is 0.127 e. The number of halogens is 1. The smallest absolute Gasteiger partial charge is 0.127 e. The maximum atomic E-state index is 6.04. The number of para-hydroxylation sites is 1. The van der Waals surface area contributed by atoms with Crippen molar-refractivity contribution in [3.05, 3.63) is 72.8 Å². The number of hydrogen-bond acceptors (Lipinski definition) is 2. The SMILES string of the molecule is C=CC[C@@H](N)c1cccc(Oc2ccccc2)c1.Cl. The highest BCUT2D eigenvalue weighted by Gasteiger charge is 2.05. The molecule has 3 heteroatoms. The second-order valence-electron chi connectivity index (χ2n) is 4.12. The van der Waals surface area contributed by atoms with Gasteiger partial charge < -0.3 is 10.5 Å². The monoisotopic (exact) mass is 275 g/mol. The van der Waals surface area contributed by atoms with Gasteiger partial charge in [0.05, 0.1) is 0 Å². The van der Waals surface area contributed by atoms with Crippen LogP contribution in [-0.2, 0) is 0 Å². The van der Waals surface area contributed by atoms with Gasteiger partial charge in [0, 0.05) is 6.04 Å². The lowest BCUT2D eigenvalue weighted by atomic mass is 10.0. The van der Waals surface area contributed by atoms with Gasteiger partial charge in [0.25, 0.3) is 0 Å². The Bertz CT molecular complexity index is 513. The zero-order valence-corrected chi connectivity index (χ0v) is 11.5. The number of benzene rings is 2. The van der Waals surface area contributed by atoms with E-state index in [1.165, 1.54) is 0 Å². The molecule has 0 amide bonds. The highest BCUT2D eigenvalue weighted by atomic mass is 35.5. The van der Waals surface area contributed by atoms with Crippen molar-refractivity contribution in [3.8, 4) is 11.5 Å². The van der Waals surface area contributed by atoms with Crippen LogP contribution >= 0.6 is 12.4 Å². The van der Waals surface area contributed by atoms with E-state index in [2.05, 4.69) is 6.58 Å². The average Bonchev–Trinajstić information content (AvgIpc) is 2.40. The van der Waals surface area contributed by atoms with E-state index in [0.717, 1.165) is 23.5 Å². The molecular formula is C16H18ClNO. The number of hydrogen-bond donors (Lipinski definition) is 1. The third-order valence-electron chi connectivity index (χ3n) is 2.69. The summed E-state index contributed by atoms with van der Waals surface area (Å²) in [6.07, 6.45) is 2.59. The summed E-state index contributed by atoms with van der Waals surface area (Å²) in [4.78, 5) is 0. The summed E-state index contributed by atoms with van der Waals surface area (Å²) in [7, 11) is 0. The summed E-state index contributed by atoms with van der Waals surface area (Å²) in [5, 5.41) is 0. The van der Waals surface area contributed by atoms with Crippen LogP contribution in [0.5, 0.6) is 11.5 Å². The van der Waals surface area contributed by atoms with Gasteiger partial charge in [-0.15, -0.1) is 19.0 Å². The first-order valence-electron chi connectivity index (χ1n) is 5.99. The molecule has 0 saturated heterocycles. The van der Waals surface area contributed by atoms with Crippen LogP contribution in [0.1, 0.15) is 18.0 Å². The lowest BCUT2D eigenvalue weighted by Gasteiger charge is -2.11. The Labute approximate surface area is 120 Å². The van der Waals surface area contributed by atoms with Gasteiger partial charge in [0.15, 0.2) is 0 Å². The molecule has 0 spiro atoms. The van der Waals surface area contributed by atoms with Crippen molar-refractivity contribution < 1.29 is 4.74 Å². The summed E-state index contributed by atoms with van der Waals surface area (Å²) < 4.78 is 5.77. The lowest BCUT2D eigenvalue weighted by molar-refractivity contribution is 0.481. The first kappa shape index (κ1) is 15.3. The second-order valence-corrected chi connectivity index (χ2v) is 4.12. The Morgan fingerprint density at radius 1 is 1.05 bits per heavy atom. The predicted molar refractivity (Wildman–Crippen MR) is 81.9 cm³/mol. The molecule has 2 rings (SSSR count). The molecule has 0 aliphatic rings. The fourth-order valence-electron chi connectivity index (χ4n) is 1.75. The van der Waals surface area contributed by atoms with E-state index >= 15 is 0 Å². The molecule has 0 unspecified atom stereocenters. The van der Waals surface area contributed by atoms with Gasteiger partial charge in [-0.25, -0.2) is 0 Å². The minimum Gasteiger partial charge on any atom is -0.457 e. The third-order valence-corrected chi connectivity index (χ3v) is 2.69. The number of nitrogens with two attached hydrogens (primary N) is 1. The molecule has 0 aromatic heterocycles. The van der Waals surface area contributed by atoms with Crippen molar-refractivity contribution in [1.82, 2.24) is 0 Å². The summed E-state index contributed by atoms with van der Waals surface area (Å²) in [5.41, 5.74) is 7.10. The summed E-state index contributed by atoms with van der Waals surface area (Å²) in [6, 6.07) is 17.5. The molecule has 2 nitrogen and oxygen atoms in total. The lowest BCUT2D eigenvalue weighted by Crippen LogP contribution is -2.08. The molecule has 0 radical (unpaired) electrons. The molecule has 0 aliphatic carbocycles. The zero-order valence-electron chi connectivity index (χ0n) is 10.7. The highest BCUT2D eigenvalue weighted by Crippen LogP contribution is 2.24. The number of ether oxygens (including phenoxy) is 1. The van der Waals surface area contributed by atoms with E-state index < -0.39 is 0 Å². The molecule has 0 aliphatic heterocycles. The van der Waals surface area contributed by atoms with Crippen molar-refractivity contribution in [2.24, 2.45) is 5.73 Å². The predicted octanol–water partition coefficient (Wildman–Crippen LogP) is 4.48. The van der Waals surface area contributed by atoms with E-state index in [-0.39, 0.29) is 18.4 Å². The normalized spacial score (nSPS) is 11.2. The summed E-state index contributed by atoms with van der Waals surface area (Å²) in [5.74, 6) is 1.63. The summed E-state index contributed by atoms with van der Waals surface area (Å²) >= 11 is 0. The van der Waals surface area contributed by atoms with Gasteiger partial charge in [-0.1, -0.05) is 36.4 Å². The van der Waals surface area contributed by atoms with Crippen LogP contribution in [0.2, 0.25) is 0 Å². The maximum absolute atomic E-state index is 6.04. The first-order valence-corrected chi connectivity index (χ1v) is 5.99. The van der Waals surface area contributed by atoms with Crippen molar-refractivity contribution in [2.45, 2.75) is 12.5 Å². The molecule has 2 N–H and O–H groups in total. The van der Waals surface area contributed by atoms with E-state index in [4.69, 9.17) is 10.5 Å². The van der Waals surface area contributed by atoms with Crippen LogP contribution in [0.4, 0.5) is 0 Å². The van der Waals surface area contributed by atoms with Crippen molar-refractivity contribution in [2.75, 3.05) is 0 Å². The summed E-state index contributed by atoms with van der Waals surface area (Å²) in [6.45, 7) is 3.71. The van der Waals surface area contributed by atoms with Crippen LogP contribution in [0.25, 0.3) is 0 Å². The molecular weight excluding hydrogens is 258 g/mol. The van der Waals surface area contributed by atoms with Crippen molar-refractivity contribution in [1.29, 1.82) is 0 Å². The van der Waals surface area contributed by atoms with Gasteiger partial charge >= 0.3 is 0 Å². The van der Waals surface area contributed by atoms with Gasteiger partial charge in [-0.05, 0) is 36.2 Å². The zero-order chi connectivity index (χ0) is 12.8. The highest BCUT2D eigenvalue weighted by molar-refractivity contribution is 5.85. The standard InChI is InChI=1S/C16H17NO.ClH/c1-2-7-16(17)13-8-6-11-15(12-13)18-14-9-4-3-5-10-14;/h2-6,8-12,16H,1,7,17H2;1H/t16-;/m1./s1. The average molecular weight is 276 g/mol. The van der Waals surface area contributed by atoms with Crippen LogP contribution in [0.15, 0.2) is 67.3 Å². The third kappa shape index (κ3) is 4.43. The van der Waals surface area contributed by atoms with Gasteiger partial charge in [-0.3, -0.25) is 0 Å².